The Labute approximate surface area is 142 Å². The van der Waals surface area contributed by atoms with Gasteiger partial charge >= 0.3 is 0 Å². The van der Waals surface area contributed by atoms with E-state index in [0.717, 1.165) is 42.1 Å². The molecule has 126 valence electrons. The maximum Gasteiger partial charge on any atom is 0.272 e. The first-order valence-corrected chi connectivity index (χ1v) is 8.10. The maximum absolute atomic E-state index is 12.9. The number of ether oxygens (including phenoxy) is 2. The van der Waals surface area contributed by atoms with Crippen LogP contribution >= 0.6 is 0 Å². The van der Waals surface area contributed by atoms with Gasteiger partial charge in [0.1, 0.15) is 17.2 Å². The normalized spacial score (nSPS) is 17.0. The topological polar surface area (TPSA) is 51.7 Å². The van der Waals surface area contributed by atoms with Crippen LogP contribution in [0.15, 0.2) is 36.4 Å². The van der Waals surface area contributed by atoms with Crippen molar-refractivity contribution in [1.29, 1.82) is 0 Å². The van der Waals surface area contributed by atoms with Crippen LogP contribution in [0, 0.1) is 6.92 Å². The lowest BCUT2D eigenvalue weighted by atomic mass is 10.0. The fourth-order valence-corrected chi connectivity index (χ4v) is 3.24. The number of aryl methyl sites for hydroxylation is 1. The third kappa shape index (κ3) is 3.07. The van der Waals surface area contributed by atoms with Crippen molar-refractivity contribution in [3.8, 4) is 11.5 Å². The average Bonchev–Trinajstić information content (AvgIpc) is 3.10. The van der Waals surface area contributed by atoms with E-state index in [9.17, 15) is 4.79 Å². The summed E-state index contributed by atoms with van der Waals surface area (Å²) in [5.74, 6) is 1.50. The quantitative estimate of drug-likeness (QED) is 0.864. The van der Waals surface area contributed by atoms with Crippen molar-refractivity contribution in [3.05, 3.63) is 53.3 Å². The number of pyridine rings is 1. The molecule has 0 radical (unpaired) electrons. The summed E-state index contributed by atoms with van der Waals surface area (Å²) in [6.07, 6.45) is 1.86. The molecule has 5 heteroatoms. The molecular weight excluding hydrogens is 304 g/mol. The number of hydrogen-bond acceptors (Lipinski definition) is 4. The second-order valence-corrected chi connectivity index (χ2v) is 5.93. The maximum atomic E-state index is 12.9. The molecule has 24 heavy (non-hydrogen) atoms. The van der Waals surface area contributed by atoms with Gasteiger partial charge in [0.05, 0.1) is 20.3 Å². The monoisotopic (exact) mass is 326 g/mol. The number of amides is 1. The molecule has 1 aliphatic heterocycles. The molecule has 0 saturated carbocycles. The molecule has 2 heterocycles. The minimum Gasteiger partial charge on any atom is -0.497 e. The summed E-state index contributed by atoms with van der Waals surface area (Å²) >= 11 is 0. The van der Waals surface area contributed by atoms with Crippen molar-refractivity contribution in [3.63, 3.8) is 0 Å². The zero-order valence-electron chi connectivity index (χ0n) is 14.3. The predicted octanol–water partition coefficient (Wildman–Crippen LogP) is 3.38. The number of carbonyl (C=O) groups excluding carboxylic acids is 1. The summed E-state index contributed by atoms with van der Waals surface area (Å²) in [5.41, 5.74) is 2.31. The summed E-state index contributed by atoms with van der Waals surface area (Å²) in [5, 5.41) is 0. The van der Waals surface area contributed by atoms with Crippen molar-refractivity contribution in [2.75, 3.05) is 20.8 Å². The van der Waals surface area contributed by atoms with Gasteiger partial charge in [-0.15, -0.1) is 0 Å². The highest BCUT2D eigenvalue weighted by molar-refractivity contribution is 5.92. The Morgan fingerprint density at radius 1 is 1.21 bits per heavy atom. The number of nitrogens with zero attached hydrogens (tertiary/aromatic N) is 2. The summed E-state index contributed by atoms with van der Waals surface area (Å²) in [4.78, 5) is 19.2. The largest absolute Gasteiger partial charge is 0.497 e. The van der Waals surface area contributed by atoms with Gasteiger partial charge in [-0.1, -0.05) is 6.07 Å². The van der Waals surface area contributed by atoms with E-state index in [0.29, 0.717) is 5.69 Å². The van der Waals surface area contributed by atoms with Gasteiger partial charge in [-0.05, 0) is 50.1 Å². The van der Waals surface area contributed by atoms with Crippen molar-refractivity contribution in [2.45, 2.75) is 25.8 Å². The molecule has 0 N–H and O–H groups in total. The Morgan fingerprint density at radius 2 is 2.04 bits per heavy atom. The van der Waals surface area contributed by atoms with Crippen LogP contribution in [0.4, 0.5) is 0 Å². The van der Waals surface area contributed by atoms with E-state index in [2.05, 4.69) is 4.98 Å². The number of benzene rings is 1. The van der Waals surface area contributed by atoms with Gasteiger partial charge in [-0.3, -0.25) is 4.79 Å². The molecule has 0 spiro atoms. The number of methoxy groups -OCH3 is 2. The zero-order chi connectivity index (χ0) is 17.1. The van der Waals surface area contributed by atoms with E-state index in [1.807, 2.05) is 42.2 Å². The third-order valence-corrected chi connectivity index (χ3v) is 4.42. The summed E-state index contributed by atoms with van der Waals surface area (Å²) in [6, 6.07) is 11.2. The second-order valence-electron chi connectivity index (χ2n) is 5.93. The summed E-state index contributed by atoms with van der Waals surface area (Å²) in [7, 11) is 3.29. The highest BCUT2D eigenvalue weighted by Gasteiger charge is 2.33. The standard InChI is InChI=1S/C19H22N2O3/c1-13-6-4-7-16(20-13)19(22)21-11-5-8-17(21)15-12-14(23-2)9-10-18(15)24-3/h4,6-7,9-10,12,17H,5,8,11H2,1-3H3/t17-/m0/s1. The molecule has 3 rings (SSSR count). The second kappa shape index (κ2) is 6.91. The Balaban J connectivity index is 1.95. The molecule has 0 unspecified atom stereocenters. The molecule has 1 atom stereocenters. The number of likely N-dealkylation sites (tertiary alicyclic amines) is 1. The highest BCUT2D eigenvalue weighted by atomic mass is 16.5. The highest BCUT2D eigenvalue weighted by Crippen LogP contribution is 2.39. The lowest BCUT2D eigenvalue weighted by molar-refractivity contribution is 0.0727. The van der Waals surface area contributed by atoms with Crippen LogP contribution in [0.25, 0.3) is 0 Å². The Hall–Kier alpha value is -2.56. The molecule has 1 aliphatic rings. The SMILES string of the molecule is COc1ccc(OC)c([C@@H]2CCCN2C(=O)c2cccc(C)n2)c1. The molecule has 1 amide bonds. The van der Waals surface area contributed by atoms with Crippen molar-refractivity contribution in [2.24, 2.45) is 0 Å². The minimum absolute atomic E-state index is 0.0233. The van der Waals surface area contributed by atoms with Gasteiger partial charge < -0.3 is 14.4 Å². The molecule has 1 aromatic heterocycles. The van der Waals surface area contributed by atoms with Crippen LogP contribution in [-0.2, 0) is 0 Å². The first-order valence-electron chi connectivity index (χ1n) is 8.10. The van der Waals surface area contributed by atoms with Gasteiger partial charge in [0.25, 0.3) is 5.91 Å². The van der Waals surface area contributed by atoms with Crippen LogP contribution < -0.4 is 9.47 Å². The smallest absolute Gasteiger partial charge is 0.272 e. The molecule has 5 nitrogen and oxygen atoms in total. The third-order valence-electron chi connectivity index (χ3n) is 4.42. The Morgan fingerprint density at radius 3 is 2.75 bits per heavy atom. The van der Waals surface area contributed by atoms with Gasteiger partial charge in [0, 0.05) is 17.8 Å². The summed E-state index contributed by atoms with van der Waals surface area (Å²) < 4.78 is 10.8. The molecular formula is C19H22N2O3. The lowest BCUT2D eigenvalue weighted by Crippen LogP contribution is -2.31. The van der Waals surface area contributed by atoms with Gasteiger partial charge in [-0.25, -0.2) is 4.98 Å². The summed E-state index contributed by atoms with van der Waals surface area (Å²) in [6.45, 7) is 2.61. The first-order chi connectivity index (χ1) is 11.6. The lowest BCUT2D eigenvalue weighted by Gasteiger charge is -2.26. The van der Waals surface area contributed by atoms with Crippen LogP contribution in [0.3, 0.4) is 0 Å². The molecule has 0 aliphatic carbocycles. The minimum atomic E-state index is -0.0360. The molecule has 1 aromatic carbocycles. The number of carbonyl (C=O) groups is 1. The van der Waals surface area contributed by atoms with E-state index < -0.39 is 0 Å². The van der Waals surface area contributed by atoms with Crippen molar-refractivity contribution in [1.82, 2.24) is 9.88 Å². The van der Waals surface area contributed by atoms with E-state index in [-0.39, 0.29) is 11.9 Å². The zero-order valence-corrected chi connectivity index (χ0v) is 14.3. The van der Waals surface area contributed by atoms with Crippen molar-refractivity contribution < 1.29 is 14.3 Å². The van der Waals surface area contributed by atoms with E-state index in [1.165, 1.54) is 0 Å². The predicted molar refractivity (Wildman–Crippen MR) is 91.5 cm³/mol. The Kier molecular flexibility index (Phi) is 4.69. The Bertz CT molecular complexity index is 745. The molecule has 0 bridgehead atoms. The van der Waals surface area contributed by atoms with Crippen LogP contribution in [0.1, 0.15) is 40.6 Å². The fourth-order valence-electron chi connectivity index (χ4n) is 3.24. The number of rotatable bonds is 4. The first kappa shape index (κ1) is 16.3. The average molecular weight is 326 g/mol. The molecule has 2 aromatic rings. The fraction of sp³-hybridized carbons (Fsp3) is 0.368. The van der Waals surface area contributed by atoms with Crippen molar-refractivity contribution >= 4 is 5.91 Å². The van der Waals surface area contributed by atoms with E-state index in [1.54, 1.807) is 20.3 Å². The van der Waals surface area contributed by atoms with Crippen LogP contribution in [0.5, 0.6) is 11.5 Å². The van der Waals surface area contributed by atoms with Gasteiger partial charge in [0.2, 0.25) is 0 Å². The number of hydrogen-bond donors (Lipinski definition) is 0. The molecule has 1 saturated heterocycles. The molecule has 1 fully saturated rings. The van der Waals surface area contributed by atoms with E-state index >= 15 is 0 Å². The van der Waals surface area contributed by atoms with Crippen LogP contribution in [-0.4, -0.2) is 36.6 Å². The van der Waals surface area contributed by atoms with E-state index in [4.69, 9.17) is 9.47 Å². The number of aromatic nitrogens is 1. The van der Waals surface area contributed by atoms with Gasteiger partial charge in [0.15, 0.2) is 0 Å². The van der Waals surface area contributed by atoms with Gasteiger partial charge in [-0.2, -0.15) is 0 Å². The van der Waals surface area contributed by atoms with Crippen LogP contribution in [0.2, 0.25) is 0 Å².